The minimum absolute atomic E-state index is 0.806. The van der Waals surface area contributed by atoms with E-state index < -0.39 is 0 Å². The molecule has 3 heteroatoms. The number of nitrogens with two attached hydrogens (primary N) is 1. The Labute approximate surface area is 85.9 Å². The molecule has 0 aliphatic rings. The Balaban J connectivity index is 2.69. The third kappa shape index (κ3) is 2.72. The number of hydrogen-bond acceptors (Lipinski definition) is 2. The maximum atomic E-state index is 5.66. The fourth-order valence-electron chi connectivity index (χ4n) is 0.880. The van der Waals surface area contributed by atoms with Gasteiger partial charge in [-0.25, -0.2) is 0 Å². The maximum Gasteiger partial charge on any atom is 0.0458 e. The summed E-state index contributed by atoms with van der Waals surface area (Å²) in [5.74, 6) is 2.22. The number of nitrogen functional groups attached to an aromatic ring is 1. The van der Waals surface area contributed by atoms with Crippen molar-refractivity contribution in [3.63, 3.8) is 0 Å². The molecule has 12 heavy (non-hydrogen) atoms. The zero-order valence-corrected chi connectivity index (χ0v) is 9.41. The monoisotopic (exact) mass is 245 g/mol. The molecule has 0 heterocycles. The Kier molecular flexibility index (Phi) is 3.95. The van der Waals surface area contributed by atoms with Gasteiger partial charge in [0.05, 0.1) is 0 Å². The van der Waals surface area contributed by atoms with E-state index in [0.29, 0.717) is 0 Å². The molecule has 0 bridgehead atoms. The predicted octanol–water partition coefficient (Wildman–Crippen LogP) is 3.28. The van der Waals surface area contributed by atoms with Crippen molar-refractivity contribution in [2.45, 2.75) is 12.7 Å². The van der Waals surface area contributed by atoms with Gasteiger partial charge in [-0.3, -0.25) is 0 Å². The van der Waals surface area contributed by atoms with Crippen LogP contribution in [0.4, 0.5) is 5.69 Å². The molecule has 2 N–H and O–H groups in total. The van der Waals surface area contributed by atoms with Gasteiger partial charge >= 0.3 is 0 Å². The zero-order valence-electron chi connectivity index (χ0n) is 7.01. The van der Waals surface area contributed by atoms with Crippen LogP contribution in [0.5, 0.6) is 0 Å². The molecule has 0 saturated heterocycles. The summed E-state index contributed by atoms with van der Waals surface area (Å²) in [7, 11) is 0. The molecule has 0 atom stereocenters. The third-order valence-corrected chi connectivity index (χ3v) is 3.17. The molecule has 1 aromatic carbocycles. The number of halogens is 1. The summed E-state index contributed by atoms with van der Waals surface area (Å²) in [6, 6.07) is 6.09. The van der Waals surface area contributed by atoms with Crippen LogP contribution in [0.3, 0.4) is 0 Å². The zero-order chi connectivity index (χ0) is 8.97. The van der Waals surface area contributed by atoms with E-state index in [0.717, 1.165) is 21.7 Å². The Morgan fingerprint density at radius 3 is 2.83 bits per heavy atom. The summed E-state index contributed by atoms with van der Waals surface area (Å²) in [5.41, 5.74) is 7.79. The Hall–Kier alpha value is -0.150. The number of thioether (sulfide) groups is 1. The lowest BCUT2D eigenvalue weighted by Crippen LogP contribution is -1.88. The van der Waals surface area contributed by atoms with Crippen LogP contribution in [0.1, 0.15) is 12.5 Å². The first-order valence-electron chi connectivity index (χ1n) is 3.85. The number of benzene rings is 1. The summed E-state index contributed by atoms with van der Waals surface area (Å²) in [6.45, 7) is 2.16. The summed E-state index contributed by atoms with van der Waals surface area (Å²) < 4.78 is 0.997. The fraction of sp³-hybridized carbons (Fsp3) is 0.333. The van der Waals surface area contributed by atoms with Crippen LogP contribution in [0.25, 0.3) is 0 Å². The second-order valence-electron chi connectivity index (χ2n) is 2.49. The van der Waals surface area contributed by atoms with Crippen LogP contribution in [-0.2, 0) is 5.75 Å². The van der Waals surface area contributed by atoms with Gasteiger partial charge in [-0.05, 0) is 39.4 Å². The molecule has 1 aromatic rings. The second kappa shape index (κ2) is 4.77. The van der Waals surface area contributed by atoms with Crippen LogP contribution in [0, 0.1) is 0 Å². The van der Waals surface area contributed by atoms with Gasteiger partial charge in [0.2, 0.25) is 0 Å². The molecule has 1 rings (SSSR count). The largest absolute Gasteiger partial charge is 0.398 e. The second-order valence-corrected chi connectivity index (χ2v) is 4.62. The van der Waals surface area contributed by atoms with Gasteiger partial charge in [-0.2, -0.15) is 11.8 Å². The summed E-state index contributed by atoms with van der Waals surface area (Å²) in [5, 5.41) is 0. The molecule has 0 unspecified atom stereocenters. The van der Waals surface area contributed by atoms with Crippen LogP contribution in [-0.4, -0.2) is 5.75 Å². The average Bonchev–Trinajstić information content (AvgIpc) is 2.07. The van der Waals surface area contributed by atoms with Crippen molar-refractivity contribution >= 4 is 33.4 Å². The molecule has 66 valence electrons. The topological polar surface area (TPSA) is 26.0 Å². The normalized spacial score (nSPS) is 10.2. The number of anilines is 1. The van der Waals surface area contributed by atoms with E-state index in [1.807, 2.05) is 17.8 Å². The quantitative estimate of drug-likeness (QED) is 0.828. The molecule has 0 aliphatic carbocycles. The molecule has 0 amide bonds. The van der Waals surface area contributed by atoms with Gasteiger partial charge in [-0.1, -0.05) is 13.0 Å². The lowest BCUT2D eigenvalue weighted by Gasteiger charge is -2.02. The molecular formula is C9H12BrNS. The highest BCUT2D eigenvalue weighted by molar-refractivity contribution is 9.10. The van der Waals surface area contributed by atoms with E-state index in [4.69, 9.17) is 5.73 Å². The third-order valence-electron chi connectivity index (χ3n) is 1.54. The molecule has 0 spiro atoms. The summed E-state index contributed by atoms with van der Waals surface area (Å²) in [4.78, 5) is 0. The number of rotatable bonds is 3. The lowest BCUT2D eigenvalue weighted by atomic mass is 10.2. The van der Waals surface area contributed by atoms with Crippen molar-refractivity contribution < 1.29 is 0 Å². The highest BCUT2D eigenvalue weighted by Gasteiger charge is 1.97. The van der Waals surface area contributed by atoms with Crippen molar-refractivity contribution in [2.75, 3.05) is 11.5 Å². The van der Waals surface area contributed by atoms with Crippen molar-refractivity contribution in [1.29, 1.82) is 0 Å². The fourth-order valence-corrected chi connectivity index (χ4v) is 1.93. The van der Waals surface area contributed by atoms with Gasteiger partial charge in [-0.15, -0.1) is 0 Å². The minimum atomic E-state index is 0.806. The van der Waals surface area contributed by atoms with Gasteiger partial charge in [0, 0.05) is 15.9 Å². The van der Waals surface area contributed by atoms with Gasteiger partial charge in [0.1, 0.15) is 0 Å². The van der Waals surface area contributed by atoms with Crippen LogP contribution in [0.2, 0.25) is 0 Å². The highest BCUT2D eigenvalue weighted by Crippen LogP contribution is 2.22. The predicted molar refractivity (Wildman–Crippen MR) is 60.4 cm³/mol. The van der Waals surface area contributed by atoms with E-state index in [-0.39, 0.29) is 0 Å². The van der Waals surface area contributed by atoms with E-state index in [1.165, 1.54) is 5.56 Å². The first-order chi connectivity index (χ1) is 5.74. The van der Waals surface area contributed by atoms with Crippen LogP contribution in [0.15, 0.2) is 22.7 Å². The molecule has 1 nitrogen and oxygen atoms in total. The summed E-state index contributed by atoms with van der Waals surface area (Å²) in [6.07, 6.45) is 0. The van der Waals surface area contributed by atoms with Crippen molar-refractivity contribution in [3.8, 4) is 0 Å². The van der Waals surface area contributed by atoms with Crippen LogP contribution >= 0.6 is 27.7 Å². The van der Waals surface area contributed by atoms with Crippen molar-refractivity contribution in [1.82, 2.24) is 0 Å². The van der Waals surface area contributed by atoms with E-state index in [1.54, 1.807) is 0 Å². The van der Waals surface area contributed by atoms with Gasteiger partial charge in [0.15, 0.2) is 0 Å². The lowest BCUT2D eigenvalue weighted by molar-refractivity contribution is 1.38. The smallest absolute Gasteiger partial charge is 0.0458 e. The minimum Gasteiger partial charge on any atom is -0.398 e. The molecule has 0 aromatic heterocycles. The Morgan fingerprint density at radius 2 is 2.25 bits per heavy atom. The van der Waals surface area contributed by atoms with E-state index in [9.17, 15) is 0 Å². The number of hydrogen-bond donors (Lipinski definition) is 1. The van der Waals surface area contributed by atoms with E-state index >= 15 is 0 Å². The molecule has 0 aliphatic heterocycles. The first kappa shape index (κ1) is 9.93. The SMILES string of the molecule is CCSCc1ccc(N)c(Br)c1. The Morgan fingerprint density at radius 1 is 1.50 bits per heavy atom. The van der Waals surface area contributed by atoms with Gasteiger partial charge in [0.25, 0.3) is 0 Å². The highest BCUT2D eigenvalue weighted by atomic mass is 79.9. The van der Waals surface area contributed by atoms with E-state index in [2.05, 4.69) is 35.0 Å². The Bertz CT molecular complexity index is 263. The van der Waals surface area contributed by atoms with Crippen molar-refractivity contribution in [3.05, 3.63) is 28.2 Å². The molecular weight excluding hydrogens is 234 g/mol. The van der Waals surface area contributed by atoms with Gasteiger partial charge < -0.3 is 5.73 Å². The summed E-state index contributed by atoms with van der Waals surface area (Å²) >= 11 is 5.32. The molecule has 0 saturated carbocycles. The first-order valence-corrected chi connectivity index (χ1v) is 5.80. The average molecular weight is 246 g/mol. The molecule has 0 fully saturated rings. The standard InChI is InChI=1S/C9H12BrNS/c1-2-12-6-7-3-4-9(11)8(10)5-7/h3-5H,2,6,11H2,1H3. The maximum absolute atomic E-state index is 5.66. The van der Waals surface area contributed by atoms with Crippen molar-refractivity contribution in [2.24, 2.45) is 0 Å². The van der Waals surface area contributed by atoms with Crippen LogP contribution < -0.4 is 5.73 Å². The molecule has 0 radical (unpaired) electrons.